The van der Waals surface area contributed by atoms with Crippen molar-refractivity contribution in [1.29, 1.82) is 10.8 Å². The van der Waals surface area contributed by atoms with E-state index in [1.807, 2.05) is 0 Å². The van der Waals surface area contributed by atoms with E-state index in [4.69, 9.17) is 30.3 Å². The highest BCUT2D eigenvalue weighted by Crippen LogP contribution is 1.34. The zero-order valence-electron chi connectivity index (χ0n) is 4.75. The Hall–Kier alpha value is -1.97. The third-order valence-electron chi connectivity index (χ3n) is 0. The minimum Gasteiger partial charge on any atom is -0.465 e. The van der Waals surface area contributed by atoms with E-state index >= 15 is 0 Å². The fourth-order valence-corrected chi connectivity index (χ4v) is 0. The van der Waals surface area contributed by atoms with Crippen LogP contribution in [0.3, 0.4) is 0 Å². The first-order valence-corrected chi connectivity index (χ1v) is 1.62. The second kappa shape index (κ2) is 205. The molecule has 0 aromatic rings. The van der Waals surface area contributed by atoms with Gasteiger partial charge in [0.25, 0.3) is 0 Å². The quantitative estimate of drug-likeness (QED) is 0.382. The average Bonchev–Trinajstić information content (AvgIpc) is 1.65. The van der Waals surface area contributed by atoms with Gasteiger partial charge in [-0.2, -0.15) is 0 Å². The lowest BCUT2D eigenvalue weighted by atomic mass is 11.3. The standard InChI is InChI=1S/CH3NO2.2CHNO.6CH4/c2-1(3)4;2*2-1-3;;;;;;/h2H2,(H,3,4);2*2H;6*1H4. The van der Waals surface area contributed by atoms with E-state index in [0.717, 1.165) is 12.2 Å². The van der Waals surface area contributed by atoms with Crippen molar-refractivity contribution in [1.82, 2.24) is 0 Å². The van der Waals surface area contributed by atoms with Gasteiger partial charge in [-0.3, -0.25) is 0 Å². The maximum atomic E-state index is 8.78. The number of hydrogen-bond acceptors (Lipinski definition) is 5. The van der Waals surface area contributed by atoms with Gasteiger partial charge in [-0.05, 0) is 0 Å². The molecule has 0 fully saturated rings. The van der Waals surface area contributed by atoms with Crippen molar-refractivity contribution in [3.05, 3.63) is 0 Å². The SMILES string of the molecule is C.C.C.C.C.C.N=C=O.N=C=O.NC(=O)O. The minimum atomic E-state index is -1.33. The number of rotatable bonds is 0. The van der Waals surface area contributed by atoms with Crippen LogP contribution in [0.2, 0.25) is 0 Å². The molecule has 0 spiro atoms. The molecule has 0 aromatic carbocycles. The highest BCUT2D eigenvalue weighted by molar-refractivity contribution is 5.61. The molecule has 0 aliphatic carbocycles. The van der Waals surface area contributed by atoms with Gasteiger partial charge in [0, 0.05) is 0 Å². The third kappa shape index (κ3) is 377. The molecule has 0 aliphatic rings. The molecule has 1 amide bonds. The Morgan fingerprint density at radius 2 is 0.875 bits per heavy atom. The molecule has 0 rings (SSSR count). The number of primary amides is 1. The van der Waals surface area contributed by atoms with Gasteiger partial charge in [-0.15, -0.1) is 0 Å². The lowest BCUT2D eigenvalue weighted by Crippen LogP contribution is -2.03. The zero-order chi connectivity index (χ0) is 8.99. The molecule has 0 saturated heterocycles. The molecular weight excluding hydrogens is 214 g/mol. The van der Waals surface area contributed by atoms with Crippen molar-refractivity contribution in [3.8, 4) is 0 Å². The Morgan fingerprint density at radius 1 is 0.875 bits per heavy atom. The molecule has 5 N–H and O–H groups in total. The number of carbonyl (C=O) groups is 1. The number of carboxylic acid groups (broad SMARTS) is 1. The van der Waals surface area contributed by atoms with Gasteiger partial charge in [0.2, 0.25) is 12.2 Å². The number of nitrogens with two attached hydrogens (primary N) is 1. The number of amides is 1. The maximum Gasteiger partial charge on any atom is 0.402 e. The summed E-state index contributed by atoms with van der Waals surface area (Å²) in [5.74, 6) is 0. The lowest BCUT2D eigenvalue weighted by molar-refractivity contribution is 0.205. The smallest absolute Gasteiger partial charge is 0.402 e. The number of hydrogen-bond donors (Lipinski definition) is 4. The van der Waals surface area contributed by atoms with Crippen molar-refractivity contribution in [2.45, 2.75) is 44.6 Å². The maximum absolute atomic E-state index is 8.78. The first-order valence-electron chi connectivity index (χ1n) is 1.62. The van der Waals surface area contributed by atoms with Crippen LogP contribution in [0.5, 0.6) is 0 Å². The monoisotopic (exact) mass is 243 g/mol. The predicted octanol–water partition coefficient (Wildman–Crippen LogP) is 3.24. The van der Waals surface area contributed by atoms with Crippen LogP contribution in [0.15, 0.2) is 0 Å². The summed E-state index contributed by atoms with van der Waals surface area (Å²) >= 11 is 0. The first kappa shape index (κ1) is 94.1. The zero-order valence-corrected chi connectivity index (χ0v) is 4.75. The van der Waals surface area contributed by atoms with Gasteiger partial charge in [0.05, 0.1) is 0 Å². The van der Waals surface area contributed by atoms with Gasteiger partial charge >= 0.3 is 6.09 Å². The van der Waals surface area contributed by atoms with Crippen LogP contribution < -0.4 is 5.73 Å². The Morgan fingerprint density at radius 3 is 0.875 bits per heavy atom. The fraction of sp³-hybridized carbons (Fsp3) is 0.667. The molecule has 0 unspecified atom stereocenters. The molecular formula is C9H29N3O4. The van der Waals surface area contributed by atoms with E-state index < -0.39 is 6.09 Å². The minimum absolute atomic E-state index is 0. The van der Waals surface area contributed by atoms with E-state index in [2.05, 4.69) is 5.73 Å². The van der Waals surface area contributed by atoms with Crippen LogP contribution in [-0.2, 0) is 9.59 Å². The predicted molar refractivity (Wildman–Crippen MR) is 69.4 cm³/mol. The lowest BCUT2D eigenvalue weighted by Gasteiger charge is -1.61. The van der Waals surface area contributed by atoms with Gasteiger partial charge in [0.1, 0.15) is 0 Å². The molecule has 16 heavy (non-hydrogen) atoms. The van der Waals surface area contributed by atoms with Crippen molar-refractivity contribution < 1.29 is 19.5 Å². The molecule has 0 atom stereocenters. The van der Waals surface area contributed by atoms with Crippen LogP contribution in [-0.4, -0.2) is 23.4 Å². The van der Waals surface area contributed by atoms with Gasteiger partial charge in [0.15, 0.2) is 0 Å². The summed E-state index contributed by atoms with van der Waals surface area (Å²) in [6, 6.07) is 0. The normalized spacial score (nSPS) is 2.50. The molecule has 104 valence electrons. The average molecular weight is 243 g/mol. The van der Waals surface area contributed by atoms with Crippen molar-refractivity contribution >= 4 is 18.3 Å². The van der Waals surface area contributed by atoms with E-state index in [-0.39, 0.29) is 44.6 Å². The summed E-state index contributed by atoms with van der Waals surface area (Å²) in [6.45, 7) is 0. The van der Waals surface area contributed by atoms with Crippen molar-refractivity contribution in [2.75, 3.05) is 0 Å². The van der Waals surface area contributed by atoms with Crippen LogP contribution in [0, 0.1) is 10.8 Å². The van der Waals surface area contributed by atoms with Crippen LogP contribution >= 0.6 is 0 Å². The summed E-state index contributed by atoms with van der Waals surface area (Å²) < 4.78 is 0. The summed E-state index contributed by atoms with van der Waals surface area (Å²) in [5, 5.41) is 18.0. The Kier molecular flexibility index (Phi) is 1210. The van der Waals surface area contributed by atoms with E-state index in [9.17, 15) is 0 Å². The molecule has 0 radical (unpaired) electrons. The fourth-order valence-electron chi connectivity index (χ4n) is 0. The topological polar surface area (TPSA) is 145 Å². The highest BCUT2D eigenvalue weighted by Gasteiger charge is 1.65. The highest BCUT2D eigenvalue weighted by atomic mass is 16.4. The van der Waals surface area contributed by atoms with Crippen LogP contribution in [0.25, 0.3) is 0 Å². The number of carbonyl (C=O) groups excluding carboxylic acids is 2. The number of nitrogens with one attached hydrogen (secondary N) is 2. The molecule has 0 aromatic heterocycles. The summed E-state index contributed by atoms with van der Waals surface area (Å²) in [6.07, 6.45) is 0.167. The van der Waals surface area contributed by atoms with Crippen LogP contribution in [0.1, 0.15) is 44.6 Å². The van der Waals surface area contributed by atoms with E-state index in [0.29, 0.717) is 0 Å². The summed E-state index contributed by atoms with van der Waals surface area (Å²) in [7, 11) is 0. The Bertz CT molecular complexity index is 133. The largest absolute Gasteiger partial charge is 0.465 e. The number of isocyanates is 2. The van der Waals surface area contributed by atoms with E-state index in [1.54, 1.807) is 0 Å². The molecule has 0 aliphatic heterocycles. The summed E-state index contributed by atoms with van der Waals surface area (Å²) in [4.78, 5) is 25.5. The van der Waals surface area contributed by atoms with E-state index in [1.165, 1.54) is 0 Å². The molecule has 0 saturated carbocycles. The van der Waals surface area contributed by atoms with Gasteiger partial charge < -0.3 is 10.8 Å². The second-order valence-corrected chi connectivity index (χ2v) is 0.542. The molecule has 7 heteroatoms. The Labute approximate surface area is 99.7 Å². The van der Waals surface area contributed by atoms with Gasteiger partial charge in [-0.25, -0.2) is 25.2 Å². The first-order chi connectivity index (χ1) is 4.56. The second-order valence-electron chi connectivity index (χ2n) is 0.542. The Balaban J connectivity index is -0.00000000558. The van der Waals surface area contributed by atoms with Crippen LogP contribution in [0.4, 0.5) is 4.79 Å². The molecule has 0 bridgehead atoms. The van der Waals surface area contributed by atoms with Gasteiger partial charge in [-0.1, -0.05) is 44.6 Å². The van der Waals surface area contributed by atoms with Crippen molar-refractivity contribution in [2.24, 2.45) is 5.73 Å². The third-order valence-corrected chi connectivity index (χ3v) is 0. The summed E-state index contributed by atoms with van der Waals surface area (Å²) in [5.41, 5.74) is 4.03. The molecule has 7 nitrogen and oxygen atoms in total. The molecule has 0 heterocycles. The van der Waals surface area contributed by atoms with Crippen molar-refractivity contribution in [3.63, 3.8) is 0 Å².